The molecule has 6 nitrogen and oxygen atoms in total. The van der Waals surface area contributed by atoms with Crippen LogP contribution in [0.5, 0.6) is 5.75 Å². The van der Waals surface area contributed by atoms with Crippen molar-refractivity contribution in [2.45, 2.75) is 38.6 Å². The average Bonchev–Trinajstić information content (AvgIpc) is 2.72. The molecular weight excluding hydrogens is 434 g/mol. The van der Waals surface area contributed by atoms with Crippen LogP contribution in [0.3, 0.4) is 0 Å². The van der Waals surface area contributed by atoms with E-state index < -0.39 is 35.5 Å². The highest BCUT2D eigenvalue weighted by Gasteiger charge is 2.31. The Morgan fingerprint density at radius 2 is 1.78 bits per heavy atom. The molecule has 0 heterocycles. The van der Waals surface area contributed by atoms with Crippen LogP contribution in [0.4, 0.5) is 17.6 Å². The Balaban J connectivity index is 1.79. The van der Waals surface area contributed by atoms with Crippen LogP contribution in [0, 0.1) is 5.82 Å². The molecule has 0 radical (unpaired) electrons. The van der Waals surface area contributed by atoms with Crippen LogP contribution in [0.15, 0.2) is 42.5 Å². The summed E-state index contributed by atoms with van der Waals surface area (Å²) < 4.78 is 62.2. The Bertz CT molecular complexity index is 916. The quantitative estimate of drug-likeness (QED) is 0.499. The van der Waals surface area contributed by atoms with Crippen molar-refractivity contribution in [1.82, 2.24) is 5.32 Å². The summed E-state index contributed by atoms with van der Waals surface area (Å²) in [7, 11) is 0. The van der Waals surface area contributed by atoms with E-state index in [0.717, 1.165) is 17.7 Å². The van der Waals surface area contributed by atoms with Crippen molar-refractivity contribution in [2.24, 2.45) is 0 Å². The van der Waals surface area contributed by atoms with Crippen LogP contribution in [0.25, 0.3) is 0 Å². The van der Waals surface area contributed by atoms with E-state index >= 15 is 0 Å². The molecule has 0 fully saturated rings. The van der Waals surface area contributed by atoms with Gasteiger partial charge in [-0.3, -0.25) is 4.79 Å². The van der Waals surface area contributed by atoms with Crippen molar-refractivity contribution in [3.63, 3.8) is 0 Å². The number of aliphatic carboxylic acids is 1. The first kappa shape index (κ1) is 25.1. The fourth-order valence-corrected chi connectivity index (χ4v) is 2.82. The van der Waals surface area contributed by atoms with Gasteiger partial charge in [0.05, 0.1) is 18.6 Å². The van der Waals surface area contributed by atoms with Gasteiger partial charge in [-0.15, -0.1) is 0 Å². The van der Waals surface area contributed by atoms with Gasteiger partial charge >= 0.3 is 12.1 Å². The topological polar surface area (TPSA) is 84.9 Å². The molecule has 0 aromatic heterocycles. The summed E-state index contributed by atoms with van der Waals surface area (Å²) in [4.78, 5) is 23.0. The molecule has 1 amide bonds. The molecule has 2 aromatic carbocycles. The molecule has 1 unspecified atom stereocenters. The molecule has 10 heteroatoms. The minimum Gasteiger partial charge on any atom is -0.493 e. The molecule has 2 aromatic rings. The second kappa shape index (κ2) is 11.5. The lowest BCUT2D eigenvalue weighted by Crippen LogP contribution is -2.26. The largest absolute Gasteiger partial charge is 0.493 e. The van der Waals surface area contributed by atoms with E-state index in [4.69, 9.17) is 14.6 Å². The lowest BCUT2D eigenvalue weighted by atomic mass is 10.1. The van der Waals surface area contributed by atoms with E-state index in [0.29, 0.717) is 11.8 Å². The molecule has 0 saturated carbocycles. The smallest absolute Gasteiger partial charge is 0.416 e. The number of ether oxygens (including phenoxy) is 2. The fourth-order valence-electron chi connectivity index (χ4n) is 2.82. The van der Waals surface area contributed by atoms with Crippen molar-refractivity contribution in [1.29, 1.82) is 0 Å². The van der Waals surface area contributed by atoms with Crippen LogP contribution in [0.2, 0.25) is 0 Å². The molecule has 32 heavy (non-hydrogen) atoms. The summed E-state index contributed by atoms with van der Waals surface area (Å²) in [6.45, 7) is 1.75. The first-order valence-electron chi connectivity index (χ1n) is 9.78. The molecule has 2 rings (SSSR count). The number of rotatable bonds is 11. The number of carboxylic acids is 1. The van der Waals surface area contributed by atoms with E-state index in [-0.39, 0.29) is 38.2 Å². The van der Waals surface area contributed by atoms with Crippen molar-refractivity contribution in [3.05, 3.63) is 65.0 Å². The minimum absolute atomic E-state index is 0.00565. The van der Waals surface area contributed by atoms with Crippen LogP contribution < -0.4 is 10.1 Å². The molecule has 0 bridgehead atoms. The van der Waals surface area contributed by atoms with Gasteiger partial charge in [0, 0.05) is 19.6 Å². The van der Waals surface area contributed by atoms with Gasteiger partial charge < -0.3 is 19.9 Å². The van der Waals surface area contributed by atoms with Gasteiger partial charge in [0.1, 0.15) is 11.6 Å². The number of hydrogen-bond acceptors (Lipinski definition) is 4. The summed E-state index contributed by atoms with van der Waals surface area (Å²) in [5.41, 5.74) is -0.386. The first-order valence-corrected chi connectivity index (χ1v) is 9.78. The summed E-state index contributed by atoms with van der Waals surface area (Å²) in [5, 5.41) is 11.5. The minimum atomic E-state index is -4.68. The number of carboxylic acid groups (broad SMARTS) is 1. The maximum Gasteiger partial charge on any atom is 0.416 e. The Hall–Kier alpha value is -3.14. The Kier molecular flexibility index (Phi) is 9.01. The number of carbonyl (C=O) groups excluding carboxylic acids is 1. The summed E-state index contributed by atoms with van der Waals surface area (Å²) >= 11 is 0. The normalized spacial score (nSPS) is 12.3. The number of hydrogen-bond donors (Lipinski definition) is 2. The highest BCUT2D eigenvalue weighted by molar-refractivity contribution is 5.76. The molecule has 0 aliphatic rings. The third-order valence-electron chi connectivity index (χ3n) is 4.36. The molecule has 2 N–H and O–H groups in total. The molecule has 0 aliphatic carbocycles. The number of alkyl halides is 3. The van der Waals surface area contributed by atoms with Crippen LogP contribution in [-0.4, -0.2) is 36.3 Å². The third-order valence-corrected chi connectivity index (χ3v) is 4.36. The number of benzene rings is 2. The van der Waals surface area contributed by atoms with Crippen LogP contribution in [-0.2, 0) is 33.5 Å². The van der Waals surface area contributed by atoms with Gasteiger partial charge in [0.15, 0.2) is 6.10 Å². The van der Waals surface area contributed by atoms with Gasteiger partial charge in [-0.25, -0.2) is 9.18 Å². The highest BCUT2D eigenvalue weighted by atomic mass is 19.4. The van der Waals surface area contributed by atoms with E-state index in [1.165, 1.54) is 0 Å². The highest BCUT2D eigenvalue weighted by Crippen LogP contribution is 2.30. The van der Waals surface area contributed by atoms with Crippen LogP contribution >= 0.6 is 0 Å². The SMILES string of the molecule is CCOC(Cc1ccc(OCCC(=O)NCc2cc(F)cc(C(F)(F)F)c2)cc1)C(=O)O. The third kappa shape index (κ3) is 8.18. The zero-order chi connectivity index (χ0) is 23.7. The summed E-state index contributed by atoms with van der Waals surface area (Å²) in [6, 6.07) is 8.73. The van der Waals surface area contributed by atoms with Gasteiger partial charge in [-0.2, -0.15) is 13.2 Å². The second-order valence-electron chi connectivity index (χ2n) is 6.85. The number of carbonyl (C=O) groups is 2. The van der Waals surface area contributed by atoms with Crippen molar-refractivity contribution in [2.75, 3.05) is 13.2 Å². The zero-order valence-electron chi connectivity index (χ0n) is 17.2. The summed E-state index contributed by atoms with van der Waals surface area (Å²) in [6.07, 6.45) is -5.49. The maximum absolute atomic E-state index is 13.4. The lowest BCUT2D eigenvalue weighted by Gasteiger charge is -2.13. The van der Waals surface area contributed by atoms with Crippen molar-refractivity contribution in [3.8, 4) is 5.75 Å². The predicted molar refractivity (Wildman–Crippen MR) is 107 cm³/mol. The molecular formula is C22H23F4NO5. The fraction of sp³-hybridized carbons (Fsp3) is 0.364. The lowest BCUT2D eigenvalue weighted by molar-refractivity contribution is -0.150. The zero-order valence-corrected chi connectivity index (χ0v) is 17.2. The van der Waals surface area contributed by atoms with Crippen molar-refractivity contribution >= 4 is 11.9 Å². The van der Waals surface area contributed by atoms with Crippen LogP contribution in [0.1, 0.15) is 30.0 Å². The van der Waals surface area contributed by atoms with Gasteiger partial charge in [0.25, 0.3) is 0 Å². The van der Waals surface area contributed by atoms with E-state index in [1.54, 1.807) is 31.2 Å². The molecule has 0 saturated heterocycles. The number of nitrogens with one attached hydrogen (secondary N) is 1. The number of amides is 1. The van der Waals surface area contributed by atoms with Gasteiger partial charge in [0.2, 0.25) is 5.91 Å². The van der Waals surface area contributed by atoms with E-state index in [2.05, 4.69) is 5.32 Å². The van der Waals surface area contributed by atoms with E-state index in [9.17, 15) is 27.2 Å². The Morgan fingerprint density at radius 3 is 2.38 bits per heavy atom. The molecule has 1 atom stereocenters. The maximum atomic E-state index is 13.4. The first-order chi connectivity index (χ1) is 15.1. The Labute approximate surface area is 182 Å². The predicted octanol–water partition coefficient (Wildman–Crippen LogP) is 3.96. The van der Waals surface area contributed by atoms with Gasteiger partial charge in [-0.1, -0.05) is 12.1 Å². The average molecular weight is 457 g/mol. The molecule has 0 spiro atoms. The van der Waals surface area contributed by atoms with Gasteiger partial charge in [-0.05, 0) is 48.4 Å². The monoisotopic (exact) mass is 457 g/mol. The second-order valence-corrected chi connectivity index (χ2v) is 6.85. The molecule has 0 aliphatic heterocycles. The summed E-state index contributed by atoms with van der Waals surface area (Å²) in [5.74, 6) is -2.09. The standard InChI is InChI=1S/C22H23F4NO5/c1-2-31-19(21(29)30)11-14-3-5-18(6-4-14)32-8-7-20(28)27-13-15-9-16(22(24,25)26)12-17(23)10-15/h3-6,9-10,12,19H,2,7-8,11,13H2,1H3,(H,27,28)(H,29,30). The molecule has 174 valence electrons. The Morgan fingerprint density at radius 1 is 1.09 bits per heavy atom. The van der Waals surface area contributed by atoms with Crippen molar-refractivity contribution < 1.29 is 41.7 Å². The van der Waals surface area contributed by atoms with E-state index in [1.807, 2.05) is 0 Å². The number of halogens is 4.